The Labute approximate surface area is 122 Å². The zero-order valence-electron chi connectivity index (χ0n) is 11.3. The molecule has 1 heterocycles. The molecule has 0 bridgehead atoms. The number of carbonyl (C=O) groups excluding carboxylic acids is 1. The second-order valence-corrected chi connectivity index (χ2v) is 4.83. The summed E-state index contributed by atoms with van der Waals surface area (Å²) in [5.74, 6) is 0.380. The fourth-order valence-corrected chi connectivity index (χ4v) is 1.89. The van der Waals surface area contributed by atoms with Crippen LogP contribution in [0.5, 0.6) is 0 Å². The summed E-state index contributed by atoms with van der Waals surface area (Å²) in [4.78, 5) is 13.8. The number of hydrogen-bond acceptors (Lipinski definition) is 3. The van der Waals surface area contributed by atoms with Gasteiger partial charge >= 0.3 is 0 Å². The molecule has 0 aliphatic rings. The Hall–Kier alpha value is -2.20. The van der Waals surface area contributed by atoms with Gasteiger partial charge in [-0.15, -0.1) is 0 Å². The third kappa shape index (κ3) is 3.65. The molecule has 1 aromatic carbocycles. The fraction of sp³-hybridized carbons (Fsp3) is 0.133. The summed E-state index contributed by atoms with van der Waals surface area (Å²) < 4.78 is 5.12. The molecule has 2 rings (SSSR count). The average molecular weight is 291 g/mol. The summed E-state index contributed by atoms with van der Waals surface area (Å²) in [6, 6.07) is 8.89. The van der Waals surface area contributed by atoms with Gasteiger partial charge in [0.2, 0.25) is 5.91 Å². The highest BCUT2D eigenvalue weighted by Crippen LogP contribution is 2.27. The number of rotatable bonds is 4. The second-order valence-electron chi connectivity index (χ2n) is 4.39. The van der Waals surface area contributed by atoms with Crippen molar-refractivity contribution in [2.45, 2.75) is 0 Å². The molecule has 20 heavy (non-hydrogen) atoms. The van der Waals surface area contributed by atoms with Crippen LogP contribution in [0.2, 0.25) is 5.02 Å². The van der Waals surface area contributed by atoms with E-state index in [1.807, 2.05) is 25.1 Å². The molecule has 0 spiro atoms. The molecule has 0 atom stereocenters. The van der Waals surface area contributed by atoms with Crippen LogP contribution in [0.4, 0.5) is 11.4 Å². The molecular weight excluding hydrogens is 276 g/mol. The molecule has 104 valence electrons. The molecule has 0 unspecified atom stereocenters. The first-order chi connectivity index (χ1) is 9.56. The van der Waals surface area contributed by atoms with Gasteiger partial charge in [0.1, 0.15) is 5.76 Å². The van der Waals surface area contributed by atoms with E-state index in [1.54, 1.807) is 36.6 Å². The highest BCUT2D eigenvalue weighted by atomic mass is 35.5. The Morgan fingerprint density at radius 2 is 2.15 bits per heavy atom. The first-order valence-electron chi connectivity index (χ1n) is 6.06. The Balaban J connectivity index is 2.13. The van der Waals surface area contributed by atoms with E-state index in [4.69, 9.17) is 16.0 Å². The summed E-state index contributed by atoms with van der Waals surface area (Å²) in [6.07, 6.45) is 4.58. The van der Waals surface area contributed by atoms with E-state index in [0.717, 1.165) is 5.69 Å². The van der Waals surface area contributed by atoms with Gasteiger partial charge in [0.05, 0.1) is 17.6 Å². The lowest BCUT2D eigenvalue weighted by atomic mass is 10.2. The van der Waals surface area contributed by atoms with Crippen molar-refractivity contribution in [1.29, 1.82) is 0 Å². The van der Waals surface area contributed by atoms with Crippen LogP contribution in [0.1, 0.15) is 5.76 Å². The van der Waals surface area contributed by atoms with Crippen molar-refractivity contribution >= 4 is 35.0 Å². The van der Waals surface area contributed by atoms with Crippen LogP contribution < -0.4 is 10.2 Å². The molecule has 0 aliphatic heterocycles. The van der Waals surface area contributed by atoms with E-state index in [1.165, 1.54) is 6.08 Å². The number of benzene rings is 1. The van der Waals surface area contributed by atoms with Crippen LogP contribution in [0.3, 0.4) is 0 Å². The maximum absolute atomic E-state index is 11.9. The lowest BCUT2D eigenvalue weighted by molar-refractivity contribution is -0.111. The van der Waals surface area contributed by atoms with Crippen LogP contribution in [-0.4, -0.2) is 20.0 Å². The quantitative estimate of drug-likeness (QED) is 0.874. The van der Waals surface area contributed by atoms with Crippen LogP contribution in [0.25, 0.3) is 6.08 Å². The summed E-state index contributed by atoms with van der Waals surface area (Å²) in [5, 5.41) is 3.37. The van der Waals surface area contributed by atoms with Crippen molar-refractivity contribution in [2.24, 2.45) is 0 Å². The van der Waals surface area contributed by atoms with Crippen molar-refractivity contribution in [3.05, 3.63) is 53.5 Å². The molecule has 1 N–H and O–H groups in total. The number of furan rings is 1. The molecule has 0 aliphatic carbocycles. The summed E-state index contributed by atoms with van der Waals surface area (Å²) in [5.41, 5.74) is 1.55. The number of anilines is 2. The zero-order chi connectivity index (χ0) is 14.5. The number of amides is 1. The lowest BCUT2D eigenvalue weighted by Crippen LogP contribution is -2.15. The Morgan fingerprint density at radius 1 is 1.35 bits per heavy atom. The minimum atomic E-state index is -0.244. The van der Waals surface area contributed by atoms with E-state index < -0.39 is 0 Å². The van der Waals surface area contributed by atoms with Gasteiger partial charge in [0.25, 0.3) is 0 Å². The number of nitrogens with zero attached hydrogens (tertiary/aromatic N) is 1. The van der Waals surface area contributed by atoms with Crippen LogP contribution in [-0.2, 0) is 4.79 Å². The van der Waals surface area contributed by atoms with E-state index in [0.29, 0.717) is 16.5 Å². The molecule has 4 nitrogen and oxygen atoms in total. The minimum absolute atomic E-state index is 0.244. The standard InChI is InChI=1S/C15H15ClN2O2/c1-18(2)14-7-5-11(16)10-13(14)17-15(19)8-6-12-4-3-9-20-12/h3-10H,1-2H3,(H,17,19). The molecule has 0 radical (unpaired) electrons. The third-order valence-electron chi connectivity index (χ3n) is 2.64. The van der Waals surface area contributed by atoms with Crippen LogP contribution in [0, 0.1) is 0 Å². The molecule has 1 amide bonds. The molecule has 0 saturated heterocycles. The van der Waals surface area contributed by atoms with E-state index in [2.05, 4.69) is 5.32 Å². The maximum Gasteiger partial charge on any atom is 0.248 e. The molecule has 2 aromatic rings. The Morgan fingerprint density at radius 3 is 2.80 bits per heavy atom. The average Bonchev–Trinajstić information content (AvgIpc) is 2.89. The van der Waals surface area contributed by atoms with Gasteiger partial charge in [-0.1, -0.05) is 11.6 Å². The van der Waals surface area contributed by atoms with Crippen molar-refractivity contribution in [2.75, 3.05) is 24.3 Å². The molecule has 0 saturated carbocycles. The van der Waals surface area contributed by atoms with Gasteiger partial charge in [-0.3, -0.25) is 4.79 Å². The van der Waals surface area contributed by atoms with Gasteiger partial charge in [-0.05, 0) is 36.4 Å². The molecule has 0 fully saturated rings. The first-order valence-corrected chi connectivity index (χ1v) is 6.43. The van der Waals surface area contributed by atoms with Gasteiger partial charge in [0, 0.05) is 25.2 Å². The first kappa shape index (κ1) is 14.2. The largest absolute Gasteiger partial charge is 0.465 e. The van der Waals surface area contributed by atoms with Crippen molar-refractivity contribution in [3.63, 3.8) is 0 Å². The van der Waals surface area contributed by atoms with Crippen molar-refractivity contribution < 1.29 is 9.21 Å². The number of nitrogens with one attached hydrogen (secondary N) is 1. The van der Waals surface area contributed by atoms with Gasteiger partial charge in [-0.25, -0.2) is 0 Å². The molecule has 1 aromatic heterocycles. The van der Waals surface area contributed by atoms with Gasteiger partial charge in [-0.2, -0.15) is 0 Å². The smallest absolute Gasteiger partial charge is 0.248 e. The zero-order valence-corrected chi connectivity index (χ0v) is 12.0. The second kappa shape index (κ2) is 6.30. The van der Waals surface area contributed by atoms with E-state index in [9.17, 15) is 4.79 Å². The normalized spacial score (nSPS) is 10.8. The highest BCUT2D eigenvalue weighted by Gasteiger charge is 2.07. The molecule has 5 heteroatoms. The summed E-state index contributed by atoms with van der Waals surface area (Å²) in [7, 11) is 3.80. The summed E-state index contributed by atoms with van der Waals surface area (Å²) >= 11 is 5.96. The third-order valence-corrected chi connectivity index (χ3v) is 2.88. The number of hydrogen-bond donors (Lipinski definition) is 1. The highest BCUT2D eigenvalue weighted by molar-refractivity contribution is 6.31. The van der Waals surface area contributed by atoms with Gasteiger partial charge in [0.15, 0.2) is 0 Å². The fourth-order valence-electron chi connectivity index (χ4n) is 1.72. The van der Waals surface area contributed by atoms with Crippen LogP contribution in [0.15, 0.2) is 47.1 Å². The maximum atomic E-state index is 11.9. The summed E-state index contributed by atoms with van der Waals surface area (Å²) in [6.45, 7) is 0. The number of halogens is 1. The predicted octanol–water partition coefficient (Wildman–Crippen LogP) is 3.65. The monoisotopic (exact) mass is 290 g/mol. The SMILES string of the molecule is CN(C)c1ccc(Cl)cc1NC(=O)C=Cc1ccco1. The Bertz CT molecular complexity index is 619. The predicted molar refractivity (Wildman–Crippen MR) is 82.2 cm³/mol. The van der Waals surface area contributed by atoms with Crippen LogP contribution >= 0.6 is 11.6 Å². The topological polar surface area (TPSA) is 45.5 Å². The van der Waals surface area contributed by atoms with Gasteiger partial charge < -0.3 is 14.6 Å². The molecular formula is C15H15ClN2O2. The van der Waals surface area contributed by atoms with E-state index in [-0.39, 0.29) is 5.91 Å². The lowest BCUT2D eigenvalue weighted by Gasteiger charge is -2.17. The van der Waals surface area contributed by atoms with Crippen molar-refractivity contribution in [3.8, 4) is 0 Å². The van der Waals surface area contributed by atoms with E-state index >= 15 is 0 Å². The van der Waals surface area contributed by atoms with Crippen molar-refractivity contribution in [1.82, 2.24) is 0 Å². The Kier molecular flexibility index (Phi) is 4.48. The number of carbonyl (C=O) groups is 1. The minimum Gasteiger partial charge on any atom is -0.465 e.